The van der Waals surface area contributed by atoms with Gasteiger partial charge in [-0.1, -0.05) is 11.6 Å². The summed E-state index contributed by atoms with van der Waals surface area (Å²) in [4.78, 5) is 10.2. The van der Waals surface area contributed by atoms with Crippen LogP contribution in [0.25, 0.3) is 0 Å². The van der Waals surface area contributed by atoms with Gasteiger partial charge in [-0.2, -0.15) is 4.31 Å². The summed E-state index contributed by atoms with van der Waals surface area (Å²) in [5.41, 5.74) is 5.77. The van der Waals surface area contributed by atoms with Gasteiger partial charge in [0.15, 0.2) is 0 Å². The highest BCUT2D eigenvalue weighted by Gasteiger charge is 2.33. The Morgan fingerprint density at radius 3 is 2.67 bits per heavy atom. The molecule has 0 amide bonds. The lowest BCUT2D eigenvalue weighted by Crippen LogP contribution is -2.48. The first-order valence-corrected chi connectivity index (χ1v) is 8.29. The molecule has 1 aromatic carbocycles. The van der Waals surface area contributed by atoms with Gasteiger partial charge in [-0.15, -0.1) is 0 Å². The van der Waals surface area contributed by atoms with Gasteiger partial charge in [0.2, 0.25) is 10.0 Å². The third kappa shape index (κ3) is 3.03. The standard InChI is InChI=1S/C12H16ClN3O4S/c1-8-10(13)6-9(7-11(8)16(17)18)21(19,20)15-5-3-2-4-12(15)14/h6-7,12H,2-5,14H2,1H3. The van der Waals surface area contributed by atoms with Crippen molar-refractivity contribution < 1.29 is 13.3 Å². The van der Waals surface area contributed by atoms with E-state index >= 15 is 0 Å². The zero-order chi connectivity index (χ0) is 15.8. The third-order valence-corrected chi connectivity index (χ3v) is 5.89. The van der Waals surface area contributed by atoms with Crippen LogP contribution in [-0.4, -0.2) is 30.4 Å². The molecule has 1 fully saturated rings. The maximum Gasteiger partial charge on any atom is 0.275 e. The van der Waals surface area contributed by atoms with Gasteiger partial charge in [-0.05, 0) is 32.3 Å². The molecule has 1 saturated heterocycles. The van der Waals surface area contributed by atoms with E-state index in [1.807, 2.05) is 0 Å². The average Bonchev–Trinajstić information content (AvgIpc) is 2.41. The summed E-state index contributed by atoms with van der Waals surface area (Å²) in [5, 5.41) is 11.1. The molecule has 1 aliphatic rings. The highest BCUT2D eigenvalue weighted by Crippen LogP contribution is 2.32. The fourth-order valence-electron chi connectivity index (χ4n) is 2.34. The van der Waals surface area contributed by atoms with Gasteiger partial charge >= 0.3 is 0 Å². The molecule has 1 heterocycles. The van der Waals surface area contributed by atoms with E-state index in [0.717, 1.165) is 12.5 Å². The molecule has 1 aliphatic heterocycles. The van der Waals surface area contributed by atoms with Crippen LogP contribution in [0.4, 0.5) is 5.69 Å². The van der Waals surface area contributed by atoms with Crippen molar-refractivity contribution in [3.8, 4) is 0 Å². The molecule has 7 nitrogen and oxygen atoms in total. The Bertz CT molecular complexity index is 677. The summed E-state index contributed by atoms with van der Waals surface area (Å²) in [5.74, 6) is 0. The van der Waals surface area contributed by atoms with E-state index in [1.165, 1.54) is 17.3 Å². The summed E-state index contributed by atoms with van der Waals surface area (Å²) in [6.07, 6.45) is 1.54. The highest BCUT2D eigenvalue weighted by atomic mass is 35.5. The van der Waals surface area contributed by atoms with E-state index in [-0.39, 0.29) is 21.2 Å². The Hall–Kier alpha value is -1.22. The molecule has 1 unspecified atom stereocenters. The zero-order valence-electron chi connectivity index (χ0n) is 11.5. The molecule has 0 saturated carbocycles. The number of benzene rings is 1. The zero-order valence-corrected chi connectivity index (χ0v) is 13.0. The van der Waals surface area contributed by atoms with E-state index in [4.69, 9.17) is 17.3 Å². The maximum absolute atomic E-state index is 12.6. The van der Waals surface area contributed by atoms with Gasteiger partial charge < -0.3 is 5.73 Å². The quantitative estimate of drug-likeness (QED) is 0.672. The predicted molar refractivity (Wildman–Crippen MR) is 78.6 cm³/mol. The predicted octanol–water partition coefficient (Wildman–Crippen LogP) is 2.02. The monoisotopic (exact) mass is 333 g/mol. The number of nitrogens with two attached hydrogens (primary N) is 1. The normalized spacial score (nSPS) is 20.4. The molecule has 2 N–H and O–H groups in total. The lowest BCUT2D eigenvalue weighted by molar-refractivity contribution is -0.385. The number of sulfonamides is 1. The number of piperidine rings is 1. The number of nitrogens with zero attached hydrogens (tertiary/aromatic N) is 2. The van der Waals surface area contributed by atoms with Crippen molar-refractivity contribution in [2.24, 2.45) is 5.73 Å². The molecular formula is C12H16ClN3O4S. The molecule has 1 atom stereocenters. The molecule has 0 aliphatic carbocycles. The van der Waals surface area contributed by atoms with Crippen LogP contribution in [0.1, 0.15) is 24.8 Å². The molecule has 21 heavy (non-hydrogen) atoms. The average molecular weight is 334 g/mol. The summed E-state index contributed by atoms with van der Waals surface area (Å²) in [6, 6.07) is 2.28. The Balaban J connectivity index is 2.52. The van der Waals surface area contributed by atoms with E-state index in [0.29, 0.717) is 19.4 Å². The van der Waals surface area contributed by atoms with Gasteiger partial charge in [0.1, 0.15) is 0 Å². The van der Waals surface area contributed by atoms with Crippen LogP contribution in [-0.2, 0) is 10.0 Å². The smallest absolute Gasteiger partial charge is 0.275 e. The second-order valence-corrected chi connectivity index (χ2v) is 7.28. The van der Waals surface area contributed by atoms with Crippen LogP contribution < -0.4 is 5.73 Å². The SMILES string of the molecule is Cc1c(Cl)cc(S(=O)(=O)N2CCCCC2N)cc1[N+](=O)[O-]. The number of nitro benzene ring substituents is 1. The largest absolute Gasteiger partial charge is 0.315 e. The van der Waals surface area contributed by atoms with E-state index in [1.54, 1.807) is 0 Å². The topological polar surface area (TPSA) is 107 Å². The highest BCUT2D eigenvalue weighted by molar-refractivity contribution is 7.89. The van der Waals surface area contributed by atoms with Crippen LogP contribution in [0.3, 0.4) is 0 Å². The van der Waals surface area contributed by atoms with Crippen LogP contribution in [0.2, 0.25) is 5.02 Å². The molecule has 116 valence electrons. The van der Waals surface area contributed by atoms with Crippen LogP contribution in [0.5, 0.6) is 0 Å². The summed E-state index contributed by atoms with van der Waals surface area (Å²) in [6.45, 7) is 1.78. The number of hydrogen-bond donors (Lipinski definition) is 1. The first-order valence-electron chi connectivity index (χ1n) is 6.47. The Morgan fingerprint density at radius 2 is 2.10 bits per heavy atom. The molecule has 9 heteroatoms. The van der Waals surface area contributed by atoms with Gasteiger partial charge in [-0.25, -0.2) is 8.42 Å². The summed E-state index contributed by atoms with van der Waals surface area (Å²) >= 11 is 5.93. The van der Waals surface area contributed by atoms with Crippen molar-refractivity contribution in [2.45, 2.75) is 37.2 Å². The van der Waals surface area contributed by atoms with Crippen molar-refractivity contribution in [1.82, 2.24) is 4.31 Å². The second kappa shape index (κ2) is 5.88. The minimum atomic E-state index is -3.89. The van der Waals surface area contributed by atoms with Crippen molar-refractivity contribution in [2.75, 3.05) is 6.54 Å². The minimum Gasteiger partial charge on any atom is -0.315 e. The Kier molecular flexibility index (Phi) is 4.52. The lowest BCUT2D eigenvalue weighted by atomic mass is 10.1. The second-order valence-electron chi connectivity index (χ2n) is 4.99. The van der Waals surface area contributed by atoms with Crippen LogP contribution in [0.15, 0.2) is 17.0 Å². The van der Waals surface area contributed by atoms with Crippen LogP contribution >= 0.6 is 11.6 Å². The fourth-order valence-corrected chi connectivity index (χ4v) is 4.25. The number of halogens is 1. The number of hydrogen-bond acceptors (Lipinski definition) is 5. The number of nitro groups is 1. The maximum atomic E-state index is 12.6. The van der Waals surface area contributed by atoms with Gasteiger partial charge in [-0.3, -0.25) is 10.1 Å². The van der Waals surface area contributed by atoms with Gasteiger partial charge in [0, 0.05) is 18.2 Å². The molecule has 1 aromatic rings. The van der Waals surface area contributed by atoms with Crippen LogP contribution in [0, 0.1) is 17.0 Å². The fraction of sp³-hybridized carbons (Fsp3) is 0.500. The summed E-state index contributed by atoms with van der Waals surface area (Å²) in [7, 11) is -3.89. The molecule has 0 aromatic heterocycles. The molecule has 2 rings (SSSR count). The van der Waals surface area contributed by atoms with Crippen molar-refractivity contribution in [3.05, 3.63) is 32.8 Å². The first-order chi connectivity index (χ1) is 9.75. The molecule has 0 bridgehead atoms. The van der Waals surface area contributed by atoms with Gasteiger partial charge in [0.05, 0.1) is 21.0 Å². The lowest BCUT2D eigenvalue weighted by Gasteiger charge is -2.31. The van der Waals surface area contributed by atoms with E-state index < -0.39 is 21.1 Å². The minimum absolute atomic E-state index is 0.0494. The van der Waals surface area contributed by atoms with Crippen molar-refractivity contribution >= 4 is 27.3 Å². The van der Waals surface area contributed by atoms with Crippen molar-refractivity contribution in [3.63, 3.8) is 0 Å². The third-order valence-electron chi connectivity index (χ3n) is 3.59. The number of rotatable bonds is 3. The van der Waals surface area contributed by atoms with E-state index in [9.17, 15) is 18.5 Å². The Labute approximate surface area is 127 Å². The Morgan fingerprint density at radius 1 is 1.43 bits per heavy atom. The first kappa shape index (κ1) is 16.2. The van der Waals surface area contributed by atoms with Crippen molar-refractivity contribution in [1.29, 1.82) is 0 Å². The van der Waals surface area contributed by atoms with Gasteiger partial charge in [0.25, 0.3) is 5.69 Å². The molecular weight excluding hydrogens is 318 g/mol. The van der Waals surface area contributed by atoms with E-state index in [2.05, 4.69) is 0 Å². The molecule has 0 spiro atoms. The molecule has 0 radical (unpaired) electrons. The summed E-state index contributed by atoms with van der Waals surface area (Å²) < 4.78 is 26.4.